The minimum atomic E-state index is 0.128. The molecule has 0 saturated carbocycles. The Bertz CT molecular complexity index is 1000. The predicted octanol–water partition coefficient (Wildman–Crippen LogP) is 5.54. The van der Waals surface area contributed by atoms with Crippen LogP contribution < -0.4 is 15.4 Å². The number of ether oxygens (including phenoxy) is 1. The summed E-state index contributed by atoms with van der Waals surface area (Å²) in [4.78, 5) is 4.45. The van der Waals surface area contributed by atoms with E-state index in [4.69, 9.17) is 17.0 Å². The number of nitrogens with one attached hydrogen (secondary N) is 2. The molecule has 1 aromatic heterocycles. The average Bonchev–Trinajstić information content (AvgIpc) is 2.67. The number of aryl methyl sites for hydroxylation is 2. The number of hydrogen-bond donors (Lipinski definition) is 2. The minimum absolute atomic E-state index is 0.128. The summed E-state index contributed by atoms with van der Waals surface area (Å²) in [6.07, 6.45) is 1.76. The van der Waals surface area contributed by atoms with Gasteiger partial charge in [-0.3, -0.25) is 4.98 Å². The summed E-state index contributed by atoms with van der Waals surface area (Å²) in [7, 11) is 1.65. The van der Waals surface area contributed by atoms with Gasteiger partial charge in [0.05, 0.1) is 13.2 Å². The third kappa shape index (κ3) is 4.25. The van der Waals surface area contributed by atoms with Crippen LogP contribution in [0, 0.1) is 19.8 Å². The predicted molar refractivity (Wildman–Crippen MR) is 121 cm³/mol. The third-order valence-electron chi connectivity index (χ3n) is 4.91. The summed E-state index contributed by atoms with van der Waals surface area (Å²) < 4.78 is 5.43. The Kier molecular flexibility index (Phi) is 6.15. The lowest BCUT2D eigenvalue weighted by Gasteiger charge is -2.26. The second-order valence-corrected chi connectivity index (χ2v) is 7.80. The van der Waals surface area contributed by atoms with Crippen LogP contribution in [0.2, 0.25) is 0 Å². The molecule has 1 unspecified atom stereocenters. The molecule has 0 aliphatic carbocycles. The monoisotopic (exact) mass is 393 g/mol. The number of hydrogen-bond acceptors (Lipinski definition) is 3. The van der Waals surface area contributed by atoms with Crippen molar-refractivity contribution in [1.29, 1.82) is 0 Å². The van der Waals surface area contributed by atoms with E-state index in [1.807, 2.05) is 24.3 Å². The molecule has 0 bridgehead atoms. The molecule has 5 heteroatoms. The first-order chi connectivity index (χ1) is 13.4. The van der Waals surface area contributed by atoms with Crippen LogP contribution in [0.15, 0.2) is 48.7 Å². The van der Waals surface area contributed by atoms with Gasteiger partial charge in [0, 0.05) is 17.3 Å². The number of aromatic nitrogens is 1. The van der Waals surface area contributed by atoms with Crippen molar-refractivity contribution >= 4 is 33.9 Å². The molecule has 0 amide bonds. The third-order valence-corrected chi connectivity index (χ3v) is 5.13. The first kappa shape index (κ1) is 20.1. The van der Waals surface area contributed by atoms with Crippen LogP contribution in [0.5, 0.6) is 5.75 Å². The number of rotatable bonds is 5. The molecule has 0 radical (unpaired) electrons. The molecule has 28 heavy (non-hydrogen) atoms. The van der Waals surface area contributed by atoms with Gasteiger partial charge in [-0.05, 0) is 67.4 Å². The van der Waals surface area contributed by atoms with E-state index in [-0.39, 0.29) is 6.04 Å². The molecule has 146 valence electrons. The number of pyridine rings is 1. The van der Waals surface area contributed by atoms with Gasteiger partial charge in [0.2, 0.25) is 0 Å². The summed E-state index contributed by atoms with van der Waals surface area (Å²) in [5, 5.41) is 8.41. The first-order valence-electron chi connectivity index (χ1n) is 9.47. The molecule has 0 saturated heterocycles. The van der Waals surface area contributed by atoms with E-state index in [2.05, 4.69) is 61.5 Å². The van der Waals surface area contributed by atoms with Crippen molar-refractivity contribution in [3.63, 3.8) is 0 Å². The molecular formula is C23H27N3OS. The summed E-state index contributed by atoms with van der Waals surface area (Å²) in [5.41, 5.74) is 5.53. The molecule has 0 spiro atoms. The summed E-state index contributed by atoms with van der Waals surface area (Å²) >= 11 is 5.65. The van der Waals surface area contributed by atoms with E-state index in [0.717, 1.165) is 22.3 Å². The van der Waals surface area contributed by atoms with Crippen LogP contribution in [-0.2, 0) is 0 Å². The fourth-order valence-corrected chi connectivity index (χ4v) is 3.74. The highest BCUT2D eigenvalue weighted by Crippen LogP contribution is 2.30. The molecule has 3 aromatic rings. The van der Waals surface area contributed by atoms with Crippen LogP contribution in [0.4, 0.5) is 5.69 Å². The average molecular weight is 394 g/mol. The van der Waals surface area contributed by atoms with Crippen LogP contribution in [0.25, 0.3) is 10.9 Å². The van der Waals surface area contributed by atoms with Gasteiger partial charge in [-0.25, -0.2) is 0 Å². The first-order valence-corrected chi connectivity index (χ1v) is 9.88. The second-order valence-electron chi connectivity index (χ2n) is 7.40. The highest BCUT2D eigenvalue weighted by Gasteiger charge is 2.19. The lowest BCUT2D eigenvalue weighted by Crippen LogP contribution is -2.35. The van der Waals surface area contributed by atoms with Crippen molar-refractivity contribution in [2.45, 2.75) is 33.7 Å². The Morgan fingerprint density at radius 3 is 2.57 bits per heavy atom. The van der Waals surface area contributed by atoms with E-state index >= 15 is 0 Å². The van der Waals surface area contributed by atoms with Crippen LogP contribution in [-0.4, -0.2) is 17.2 Å². The molecule has 2 aromatic carbocycles. The normalized spacial score (nSPS) is 12.1. The van der Waals surface area contributed by atoms with Crippen LogP contribution >= 0.6 is 12.2 Å². The summed E-state index contributed by atoms with van der Waals surface area (Å²) in [6.45, 7) is 8.67. The van der Waals surface area contributed by atoms with Crippen molar-refractivity contribution in [3.8, 4) is 5.75 Å². The van der Waals surface area contributed by atoms with Crippen molar-refractivity contribution in [2.75, 3.05) is 12.4 Å². The highest BCUT2D eigenvalue weighted by molar-refractivity contribution is 7.80. The van der Waals surface area contributed by atoms with Crippen molar-refractivity contribution in [3.05, 3.63) is 65.4 Å². The van der Waals surface area contributed by atoms with Crippen molar-refractivity contribution < 1.29 is 4.74 Å². The largest absolute Gasteiger partial charge is 0.494 e. The number of anilines is 1. The Balaban J connectivity index is 1.85. The molecule has 4 nitrogen and oxygen atoms in total. The standard InChI is InChI=1S/C23H27N3OS/c1-14(2)21(17-9-8-15(3)13-16(17)4)26-23(28)25-19-10-11-20(27-5)22-18(19)7-6-12-24-22/h6-14,21H,1-5H3,(H2,25,26,28). The van der Waals surface area contributed by atoms with E-state index in [1.54, 1.807) is 13.3 Å². The topological polar surface area (TPSA) is 46.2 Å². The van der Waals surface area contributed by atoms with Crippen LogP contribution in [0.3, 0.4) is 0 Å². The van der Waals surface area contributed by atoms with Gasteiger partial charge < -0.3 is 15.4 Å². The van der Waals surface area contributed by atoms with E-state index in [0.29, 0.717) is 11.0 Å². The number of nitrogens with zero attached hydrogens (tertiary/aromatic N) is 1. The molecule has 1 heterocycles. The molecule has 2 N–H and O–H groups in total. The van der Waals surface area contributed by atoms with Crippen molar-refractivity contribution in [2.24, 2.45) is 5.92 Å². The summed E-state index contributed by atoms with van der Waals surface area (Å²) in [5.74, 6) is 1.13. The fraction of sp³-hybridized carbons (Fsp3) is 0.304. The molecule has 0 aliphatic heterocycles. The fourth-order valence-electron chi connectivity index (χ4n) is 3.50. The minimum Gasteiger partial charge on any atom is -0.494 e. The van der Waals surface area contributed by atoms with Gasteiger partial charge in [-0.2, -0.15) is 0 Å². The Hall–Kier alpha value is -2.66. The van der Waals surface area contributed by atoms with Gasteiger partial charge in [-0.1, -0.05) is 37.6 Å². The highest BCUT2D eigenvalue weighted by atomic mass is 32.1. The summed E-state index contributed by atoms with van der Waals surface area (Å²) in [6, 6.07) is 14.5. The molecular weight excluding hydrogens is 366 g/mol. The zero-order chi connectivity index (χ0) is 20.3. The molecule has 1 atom stereocenters. The zero-order valence-corrected chi connectivity index (χ0v) is 17.9. The van der Waals surface area contributed by atoms with Gasteiger partial charge in [0.15, 0.2) is 5.11 Å². The second kappa shape index (κ2) is 8.57. The maximum Gasteiger partial charge on any atom is 0.171 e. The number of methoxy groups -OCH3 is 1. The SMILES string of the molecule is COc1ccc(NC(=S)NC(c2ccc(C)cc2C)C(C)C)c2cccnc12. The number of benzene rings is 2. The smallest absolute Gasteiger partial charge is 0.171 e. The van der Waals surface area contributed by atoms with E-state index < -0.39 is 0 Å². The van der Waals surface area contributed by atoms with Crippen LogP contribution in [0.1, 0.15) is 36.6 Å². The maximum atomic E-state index is 5.65. The van der Waals surface area contributed by atoms with Crippen molar-refractivity contribution in [1.82, 2.24) is 10.3 Å². The molecule has 3 rings (SSSR count). The van der Waals surface area contributed by atoms with Gasteiger partial charge in [0.25, 0.3) is 0 Å². The number of fused-ring (bicyclic) bond motifs is 1. The lowest BCUT2D eigenvalue weighted by atomic mass is 9.92. The Morgan fingerprint density at radius 2 is 1.89 bits per heavy atom. The van der Waals surface area contributed by atoms with Gasteiger partial charge in [-0.15, -0.1) is 0 Å². The molecule has 0 aliphatic rings. The zero-order valence-electron chi connectivity index (χ0n) is 17.0. The van der Waals surface area contributed by atoms with Gasteiger partial charge >= 0.3 is 0 Å². The number of thiocarbonyl (C=S) groups is 1. The van der Waals surface area contributed by atoms with E-state index in [1.165, 1.54) is 16.7 Å². The Labute approximate surface area is 172 Å². The Morgan fingerprint density at radius 1 is 1.11 bits per heavy atom. The maximum absolute atomic E-state index is 5.65. The van der Waals surface area contributed by atoms with Gasteiger partial charge in [0.1, 0.15) is 11.3 Å². The molecule has 0 fully saturated rings. The lowest BCUT2D eigenvalue weighted by molar-refractivity contribution is 0.419. The quantitative estimate of drug-likeness (QED) is 0.557. The van der Waals surface area contributed by atoms with E-state index in [9.17, 15) is 0 Å².